The predicted octanol–water partition coefficient (Wildman–Crippen LogP) is 1.22. The van der Waals surface area contributed by atoms with Crippen LogP contribution in [0.15, 0.2) is 24.3 Å². The number of aromatic nitrogens is 2. The normalized spacial score (nSPS) is 20.6. The van der Waals surface area contributed by atoms with Gasteiger partial charge in [-0.15, -0.1) is 0 Å². The highest BCUT2D eigenvalue weighted by molar-refractivity contribution is 5.81. The van der Waals surface area contributed by atoms with Crippen LogP contribution in [0.2, 0.25) is 0 Å². The molecule has 1 atom stereocenters. The maximum absolute atomic E-state index is 5.84. The van der Waals surface area contributed by atoms with E-state index in [2.05, 4.69) is 40.8 Å². The highest BCUT2D eigenvalue weighted by atomic mass is 16.5. The van der Waals surface area contributed by atoms with E-state index in [9.17, 15) is 0 Å². The first-order chi connectivity index (χ1) is 9.83. The van der Waals surface area contributed by atoms with Gasteiger partial charge in [-0.05, 0) is 13.0 Å². The number of hydrogen-bond donors (Lipinski definition) is 1. The Morgan fingerprint density at radius 3 is 3.05 bits per heavy atom. The number of morpholine rings is 1. The van der Waals surface area contributed by atoms with Gasteiger partial charge in [-0.1, -0.05) is 18.2 Å². The molecule has 1 fully saturated rings. The van der Waals surface area contributed by atoms with Gasteiger partial charge in [0.2, 0.25) is 0 Å². The Balaban J connectivity index is 1.90. The van der Waals surface area contributed by atoms with E-state index >= 15 is 0 Å². The highest BCUT2D eigenvalue weighted by Crippen LogP contribution is 2.21. The topological polar surface area (TPSA) is 56.3 Å². The van der Waals surface area contributed by atoms with Gasteiger partial charge < -0.3 is 10.5 Å². The molecular weight excluding hydrogens is 252 g/mol. The van der Waals surface area contributed by atoms with Crippen molar-refractivity contribution in [1.29, 1.82) is 0 Å². The summed E-state index contributed by atoms with van der Waals surface area (Å²) in [6, 6.07) is 8.73. The molecule has 20 heavy (non-hydrogen) atoms. The minimum Gasteiger partial charge on any atom is -0.378 e. The number of fused-ring (bicyclic) bond motifs is 1. The second kappa shape index (κ2) is 5.91. The second-order valence-corrected chi connectivity index (χ2v) is 5.21. The van der Waals surface area contributed by atoms with E-state index in [-0.39, 0.29) is 0 Å². The molecule has 2 N–H and O–H groups in total. The van der Waals surface area contributed by atoms with Crippen LogP contribution in [0.3, 0.4) is 0 Å². The SMILES string of the molecule is CCn1nc(CN2CCOCC2CN)c2ccccc21. The van der Waals surface area contributed by atoms with Gasteiger partial charge in [0.25, 0.3) is 0 Å². The summed E-state index contributed by atoms with van der Waals surface area (Å²) in [5.74, 6) is 0. The zero-order valence-electron chi connectivity index (χ0n) is 12.0. The minimum absolute atomic E-state index is 0.300. The molecule has 1 aliphatic heterocycles. The molecule has 1 unspecified atom stereocenters. The first-order valence-electron chi connectivity index (χ1n) is 7.29. The van der Waals surface area contributed by atoms with Crippen LogP contribution < -0.4 is 5.73 Å². The summed E-state index contributed by atoms with van der Waals surface area (Å²) in [5.41, 5.74) is 8.20. The van der Waals surface area contributed by atoms with Crippen LogP contribution in [0.4, 0.5) is 0 Å². The van der Waals surface area contributed by atoms with Crippen molar-refractivity contribution in [3.8, 4) is 0 Å². The Morgan fingerprint density at radius 1 is 1.40 bits per heavy atom. The van der Waals surface area contributed by atoms with Crippen molar-refractivity contribution in [2.24, 2.45) is 5.73 Å². The predicted molar refractivity (Wildman–Crippen MR) is 79.5 cm³/mol. The highest BCUT2D eigenvalue weighted by Gasteiger charge is 2.23. The van der Waals surface area contributed by atoms with E-state index in [1.54, 1.807) is 0 Å². The van der Waals surface area contributed by atoms with E-state index in [4.69, 9.17) is 15.6 Å². The maximum Gasteiger partial charge on any atom is 0.0843 e. The first-order valence-corrected chi connectivity index (χ1v) is 7.29. The summed E-state index contributed by atoms with van der Waals surface area (Å²) in [4.78, 5) is 2.39. The number of nitrogens with zero attached hydrogens (tertiary/aromatic N) is 3. The third-order valence-electron chi connectivity index (χ3n) is 4.01. The fourth-order valence-corrected chi connectivity index (χ4v) is 2.86. The van der Waals surface area contributed by atoms with Crippen molar-refractivity contribution in [1.82, 2.24) is 14.7 Å². The Morgan fingerprint density at radius 2 is 2.25 bits per heavy atom. The first kappa shape index (κ1) is 13.5. The Labute approximate surface area is 119 Å². The Bertz CT molecular complexity index is 580. The van der Waals surface area contributed by atoms with Gasteiger partial charge in [-0.3, -0.25) is 9.58 Å². The lowest BCUT2D eigenvalue weighted by molar-refractivity contribution is -0.00836. The molecule has 0 saturated carbocycles. The smallest absolute Gasteiger partial charge is 0.0843 e. The van der Waals surface area contributed by atoms with E-state index in [0.717, 1.165) is 38.5 Å². The second-order valence-electron chi connectivity index (χ2n) is 5.21. The number of hydrogen-bond acceptors (Lipinski definition) is 4. The van der Waals surface area contributed by atoms with Crippen LogP contribution >= 0.6 is 0 Å². The summed E-state index contributed by atoms with van der Waals surface area (Å²) in [6.07, 6.45) is 0. The maximum atomic E-state index is 5.84. The molecule has 2 aromatic rings. The molecule has 2 heterocycles. The molecule has 0 spiro atoms. The molecule has 5 nitrogen and oxygen atoms in total. The van der Waals surface area contributed by atoms with Gasteiger partial charge in [-0.2, -0.15) is 5.10 Å². The van der Waals surface area contributed by atoms with Crippen molar-refractivity contribution in [2.45, 2.75) is 26.1 Å². The minimum atomic E-state index is 0.300. The fourth-order valence-electron chi connectivity index (χ4n) is 2.86. The van der Waals surface area contributed by atoms with Crippen LogP contribution in [-0.2, 0) is 17.8 Å². The molecular formula is C15H22N4O. The van der Waals surface area contributed by atoms with Gasteiger partial charge in [0.1, 0.15) is 0 Å². The van der Waals surface area contributed by atoms with Gasteiger partial charge >= 0.3 is 0 Å². The molecule has 5 heteroatoms. The van der Waals surface area contributed by atoms with Crippen molar-refractivity contribution in [3.05, 3.63) is 30.0 Å². The number of rotatable bonds is 4. The molecule has 0 amide bonds. The zero-order valence-corrected chi connectivity index (χ0v) is 12.0. The Hall–Kier alpha value is -1.43. The number of nitrogens with two attached hydrogens (primary N) is 1. The lowest BCUT2D eigenvalue weighted by Gasteiger charge is -2.34. The molecule has 0 aliphatic carbocycles. The molecule has 1 saturated heterocycles. The molecule has 1 aliphatic rings. The van der Waals surface area contributed by atoms with Gasteiger partial charge in [0.15, 0.2) is 0 Å². The standard InChI is InChI=1S/C15H22N4O/c1-2-19-15-6-4-3-5-13(15)14(17-19)10-18-7-8-20-11-12(18)9-16/h3-6,12H,2,7-11,16H2,1H3. The summed E-state index contributed by atoms with van der Waals surface area (Å²) >= 11 is 0. The van der Waals surface area contributed by atoms with Crippen molar-refractivity contribution in [3.63, 3.8) is 0 Å². The number of benzene rings is 1. The van der Waals surface area contributed by atoms with Crippen LogP contribution in [0.5, 0.6) is 0 Å². The van der Waals surface area contributed by atoms with Crippen molar-refractivity contribution < 1.29 is 4.74 Å². The van der Waals surface area contributed by atoms with Crippen molar-refractivity contribution in [2.75, 3.05) is 26.3 Å². The third-order valence-corrected chi connectivity index (χ3v) is 4.01. The molecule has 0 bridgehead atoms. The van der Waals surface area contributed by atoms with E-state index in [1.165, 1.54) is 10.9 Å². The summed E-state index contributed by atoms with van der Waals surface area (Å²) in [5, 5.41) is 6.01. The number of aryl methyl sites for hydroxylation is 1. The zero-order chi connectivity index (χ0) is 13.9. The van der Waals surface area contributed by atoms with E-state index in [1.807, 2.05) is 0 Å². The van der Waals surface area contributed by atoms with Crippen LogP contribution in [0.25, 0.3) is 10.9 Å². The summed E-state index contributed by atoms with van der Waals surface area (Å²) < 4.78 is 7.58. The van der Waals surface area contributed by atoms with Gasteiger partial charge in [0.05, 0.1) is 24.4 Å². The number of ether oxygens (including phenoxy) is 1. The van der Waals surface area contributed by atoms with Crippen LogP contribution in [0.1, 0.15) is 12.6 Å². The summed E-state index contributed by atoms with van der Waals surface area (Å²) in [7, 11) is 0. The largest absolute Gasteiger partial charge is 0.378 e. The molecule has 0 radical (unpaired) electrons. The number of para-hydroxylation sites is 1. The summed E-state index contributed by atoms with van der Waals surface area (Å²) in [6.45, 7) is 6.93. The quantitative estimate of drug-likeness (QED) is 0.910. The average molecular weight is 274 g/mol. The molecule has 3 rings (SSSR count). The van der Waals surface area contributed by atoms with Crippen molar-refractivity contribution >= 4 is 10.9 Å². The average Bonchev–Trinajstić information content (AvgIpc) is 2.86. The third kappa shape index (κ3) is 2.44. The van der Waals surface area contributed by atoms with Gasteiger partial charge in [-0.25, -0.2) is 0 Å². The molecule has 1 aromatic carbocycles. The lowest BCUT2D eigenvalue weighted by atomic mass is 10.1. The Kier molecular flexibility index (Phi) is 4.00. The van der Waals surface area contributed by atoms with Crippen LogP contribution in [-0.4, -0.2) is 47.0 Å². The molecule has 108 valence electrons. The van der Waals surface area contributed by atoms with E-state index < -0.39 is 0 Å². The molecule has 1 aromatic heterocycles. The monoisotopic (exact) mass is 274 g/mol. The van der Waals surface area contributed by atoms with E-state index in [0.29, 0.717) is 12.6 Å². The van der Waals surface area contributed by atoms with Crippen LogP contribution in [0, 0.1) is 0 Å². The lowest BCUT2D eigenvalue weighted by Crippen LogP contribution is -2.48. The fraction of sp³-hybridized carbons (Fsp3) is 0.533. The van der Waals surface area contributed by atoms with Gasteiger partial charge in [0, 0.05) is 37.6 Å².